The van der Waals surface area contributed by atoms with Crippen LogP contribution in [0, 0.1) is 11.3 Å². The molecule has 0 saturated heterocycles. The summed E-state index contributed by atoms with van der Waals surface area (Å²) in [5, 5.41) is 0. The van der Waals surface area contributed by atoms with Gasteiger partial charge in [-0.15, -0.1) is 6.58 Å². The number of hydrogen-bond acceptors (Lipinski definition) is 1. The van der Waals surface area contributed by atoms with Crippen LogP contribution >= 0.6 is 0 Å². The van der Waals surface area contributed by atoms with Gasteiger partial charge >= 0.3 is 0 Å². The summed E-state index contributed by atoms with van der Waals surface area (Å²) in [6.07, 6.45) is 5.69. The lowest BCUT2D eigenvalue weighted by Gasteiger charge is -2.42. The van der Waals surface area contributed by atoms with Gasteiger partial charge in [-0.2, -0.15) is 0 Å². The van der Waals surface area contributed by atoms with Crippen molar-refractivity contribution in [2.75, 3.05) is 5.73 Å². The lowest BCUT2D eigenvalue weighted by atomic mass is 9.63. The second-order valence-corrected chi connectivity index (χ2v) is 6.33. The monoisotopic (exact) mass is 255 g/mol. The van der Waals surface area contributed by atoms with E-state index in [-0.39, 0.29) is 5.41 Å². The highest BCUT2D eigenvalue weighted by atomic mass is 14.5. The largest absolute Gasteiger partial charge is 0.399 e. The molecule has 2 N–H and O–H groups in total. The Morgan fingerprint density at radius 2 is 2.00 bits per heavy atom. The van der Waals surface area contributed by atoms with Gasteiger partial charge in [0.2, 0.25) is 0 Å². The number of nitrogens with two attached hydrogens (primary N) is 1. The lowest BCUT2D eigenvalue weighted by molar-refractivity contribution is 0.210. The van der Waals surface area contributed by atoms with E-state index >= 15 is 0 Å². The van der Waals surface area contributed by atoms with Gasteiger partial charge in [-0.05, 0) is 61.1 Å². The van der Waals surface area contributed by atoms with E-state index < -0.39 is 0 Å². The Balaban J connectivity index is 2.32. The molecule has 0 spiro atoms. The lowest BCUT2D eigenvalue weighted by Crippen LogP contribution is -2.29. The molecule has 1 fully saturated rings. The third kappa shape index (κ3) is 2.91. The molecule has 102 valence electrons. The average Bonchev–Trinajstić information content (AvgIpc) is 2.39. The second kappa shape index (κ2) is 5.24. The number of rotatable bonds is 3. The van der Waals surface area contributed by atoms with E-state index in [4.69, 9.17) is 5.73 Å². The van der Waals surface area contributed by atoms with Gasteiger partial charge in [0.1, 0.15) is 0 Å². The van der Waals surface area contributed by atoms with Crippen LogP contribution in [0.4, 0.5) is 5.69 Å². The van der Waals surface area contributed by atoms with Crippen LogP contribution in [0.15, 0.2) is 49.1 Å². The summed E-state index contributed by atoms with van der Waals surface area (Å²) >= 11 is 0. The maximum atomic E-state index is 5.80. The molecule has 0 radical (unpaired) electrons. The van der Waals surface area contributed by atoms with Gasteiger partial charge < -0.3 is 5.73 Å². The molecule has 0 bridgehead atoms. The molecule has 1 nitrogen and oxygen atoms in total. The van der Waals surface area contributed by atoms with E-state index in [2.05, 4.69) is 45.2 Å². The minimum atomic E-state index is 0.248. The van der Waals surface area contributed by atoms with Crippen molar-refractivity contribution in [1.82, 2.24) is 0 Å². The summed E-state index contributed by atoms with van der Waals surface area (Å²) in [6.45, 7) is 12.7. The van der Waals surface area contributed by atoms with Crippen LogP contribution in [-0.2, 0) is 0 Å². The third-order valence-electron chi connectivity index (χ3n) is 4.69. The fourth-order valence-electron chi connectivity index (χ4n) is 3.30. The predicted molar refractivity (Wildman–Crippen MR) is 84.1 cm³/mol. The first kappa shape index (κ1) is 13.9. The van der Waals surface area contributed by atoms with Crippen LogP contribution in [0.5, 0.6) is 0 Å². The number of hydrogen-bond donors (Lipinski definition) is 1. The van der Waals surface area contributed by atoms with Crippen LogP contribution in [0.1, 0.15) is 44.6 Å². The maximum Gasteiger partial charge on any atom is 0.0314 e. The van der Waals surface area contributed by atoms with Crippen LogP contribution in [0.2, 0.25) is 0 Å². The standard InChI is InChI=1S/C18H25N/c1-5-18(4)11-10-16(13(2)3)17(12-18)14-6-8-15(19)9-7-14/h5-9,16-17H,1-2,10-12,19H2,3-4H3/t16-,17-,18+/m0/s1. The van der Waals surface area contributed by atoms with Gasteiger partial charge in [-0.25, -0.2) is 0 Å². The molecule has 1 saturated carbocycles. The zero-order chi connectivity index (χ0) is 14.0. The maximum absolute atomic E-state index is 5.80. The molecule has 1 aromatic carbocycles. The molecule has 0 amide bonds. The summed E-state index contributed by atoms with van der Waals surface area (Å²) in [4.78, 5) is 0. The molecular formula is C18H25N. The molecule has 3 atom stereocenters. The van der Waals surface area contributed by atoms with Crippen molar-refractivity contribution in [3.05, 3.63) is 54.6 Å². The van der Waals surface area contributed by atoms with Gasteiger partial charge in [-0.1, -0.05) is 37.3 Å². The summed E-state index contributed by atoms with van der Waals surface area (Å²) in [6, 6.07) is 8.35. The molecule has 0 aromatic heterocycles. The summed E-state index contributed by atoms with van der Waals surface area (Å²) in [5.74, 6) is 1.12. The van der Waals surface area contributed by atoms with Crippen LogP contribution in [-0.4, -0.2) is 0 Å². The molecule has 0 unspecified atom stereocenters. The molecule has 1 aromatic rings. The minimum Gasteiger partial charge on any atom is -0.399 e. The highest BCUT2D eigenvalue weighted by Crippen LogP contribution is 2.49. The first-order valence-corrected chi connectivity index (χ1v) is 7.09. The molecule has 1 heteroatoms. The Hall–Kier alpha value is -1.50. The molecular weight excluding hydrogens is 230 g/mol. The zero-order valence-electron chi connectivity index (χ0n) is 12.2. The van der Waals surface area contributed by atoms with Crippen molar-refractivity contribution in [3.8, 4) is 0 Å². The van der Waals surface area contributed by atoms with Crippen LogP contribution in [0.3, 0.4) is 0 Å². The smallest absolute Gasteiger partial charge is 0.0314 e. The zero-order valence-corrected chi connectivity index (χ0v) is 12.2. The van der Waals surface area contributed by atoms with Gasteiger partial charge in [0.15, 0.2) is 0 Å². The van der Waals surface area contributed by atoms with E-state index in [9.17, 15) is 0 Å². The first-order chi connectivity index (χ1) is 8.95. The van der Waals surface area contributed by atoms with E-state index in [1.54, 1.807) is 0 Å². The molecule has 1 aliphatic carbocycles. The summed E-state index contributed by atoms with van der Waals surface area (Å²) in [7, 11) is 0. The van der Waals surface area contributed by atoms with Crippen molar-refractivity contribution in [3.63, 3.8) is 0 Å². The second-order valence-electron chi connectivity index (χ2n) is 6.33. The molecule has 19 heavy (non-hydrogen) atoms. The predicted octanol–water partition coefficient (Wildman–Crippen LogP) is 4.92. The number of nitrogen functional groups attached to an aromatic ring is 1. The first-order valence-electron chi connectivity index (χ1n) is 7.09. The Morgan fingerprint density at radius 1 is 1.37 bits per heavy atom. The Labute approximate surface area is 117 Å². The van der Waals surface area contributed by atoms with Gasteiger partial charge in [-0.3, -0.25) is 0 Å². The Bertz CT molecular complexity index is 471. The fourth-order valence-corrected chi connectivity index (χ4v) is 3.30. The van der Waals surface area contributed by atoms with E-state index in [1.807, 2.05) is 12.1 Å². The topological polar surface area (TPSA) is 26.0 Å². The molecule has 0 aliphatic heterocycles. The third-order valence-corrected chi connectivity index (χ3v) is 4.69. The van der Waals surface area contributed by atoms with Crippen molar-refractivity contribution in [2.24, 2.45) is 11.3 Å². The van der Waals surface area contributed by atoms with Crippen LogP contribution < -0.4 is 5.73 Å². The normalized spacial score (nSPS) is 30.8. The van der Waals surface area contributed by atoms with E-state index in [1.165, 1.54) is 24.0 Å². The van der Waals surface area contributed by atoms with Crippen molar-refractivity contribution in [2.45, 2.75) is 39.0 Å². The summed E-state index contributed by atoms with van der Waals surface area (Å²) < 4.78 is 0. The van der Waals surface area contributed by atoms with Gasteiger partial charge in [0.05, 0.1) is 0 Å². The molecule has 0 heterocycles. The number of benzene rings is 1. The number of allylic oxidation sites excluding steroid dienone is 2. The van der Waals surface area contributed by atoms with Crippen molar-refractivity contribution in [1.29, 1.82) is 0 Å². The summed E-state index contributed by atoms with van der Waals surface area (Å²) in [5.41, 5.74) is 9.56. The highest BCUT2D eigenvalue weighted by Gasteiger charge is 2.36. The highest BCUT2D eigenvalue weighted by molar-refractivity contribution is 5.41. The van der Waals surface area contributed by atoms with E-state index in [0.29, 0.717) is 11.8 Å². The van der Waals surface area contributed by atoms with Gasteiger partial charge in [0.25, 0.3) is 0 Å². The minimum absolute atomic E-state index is 0.248. The average molecular weight is 255 g/mol. The Kier molecular flexibility index (Phi) is 3.84. The fraction of sp³-hybridized carbons (Fsp3) is 0.444. The van der Waals surface area contributed by atoms with Crippen LogP contribution in [0.25, 0.3) is 0 Å². The Morgan fingerprint density at radius 3 is 2.53 bits per heavy atom. The SMILES string of the molecule is C=C[C@]1(C)CC[C@@H](C(=C)C)[C@H](c2ccc(N)cc2)C1. The molecule has 2 rings (SSSR count). The van der Waals surface area contributed by atoms with Crippen molar-refractivity contribution < 1.29 is 0 Å². The number of anilines is 1. The molecule has 1 aliphatic rings. The van der Waals surface area contributed by atoms with E-state index in [0.717, 1.165) is 12.1 Å². The quantitative estimate of drug-likeness (QED) is 0.602. The van der Waals surface area contributed by atoms with Crippen molar-refractivity contribution >= 4 is 5.69 Å². The van der Waals surface area contributed by atoms with Gasteiger partial charge in [0, 0.05) is 5.69 Å².